The molecule has 6 nitrogen and oxygen atoms in total. The van der Waals surface area contributed by atoms with Crippen molar-refractivity contribution >= 4 is 17.1 Å². The van der Waals surface area contributed by atoms with Gasteiger partial charge in [-0.15, -0.1) is 11.3 Å². The Bertz CT molecular complexity index is 1250. The third kappa shape index (κ3) is 3.21. The van der Waals surface area contributed by atoms with Crippen molar-refractivity contribution in [2.24, 2.45) is 0 Å². The highest BCUT2D eigenvalue weighted by atomic mass is 32.1. The Morgan fingerprint density at radius 1 is 1.20 bits per heavy atom. The summed E-state index contributed by atoms with van der Waals surface area (Å²) in [7, 11) is 1.53. The van der Waals surface area contributed by atoms with Crippen LogP contribution in [-0.4, -0.2) is 32.7 Å². The molecule has 30 heavy (non-hydrogen) atoms. The van der Waals surface area contributed by atoms with Crippen LogP contribution in [0.2, 0.25) is 0 Å². The van der Waals surface area contributed by atoms with Gasteiger partial charge in [-0.05, 0) is 42.8 Å². The first-order valence-electron chi connectivity index (χ1n) is 8.94. The van der Waals surface area contributed by atoms with E-state index in [1.165, 1.54) is 47.4 Å². The maximum atomic E-state index is 14.0. The van der Waals surface area contributed by atoms with E-state index in [9.17, 15) is 19.4 Å². The van der Waals surface area contributed by atoms with Gasteiger partial charge in [0.15, 0.2) is 16.7 Å². The molecule has 0 fully saturated rings. The van der Waals surface area contributed by atoms with Gasteiger partial charge >= 0.3 is 0 Å². The first kappa shape index (κ1) is 19.7. The van der Waals surface area contributed by atoms with Crippen molar-refractivity contribution in [3.63, 3.8) is 0 Å². The van der Waals surface area contributed by atoms with E-state index >= 15 is 0 Å². The van der Waals surface area contributed by atoms with Gasteiger partial charge in [0.2, 0.25) is 5.88 Å². The standard InChI is InChI=1S/C22H17FN2O4S/c1-12-10-14(6-7-16(12)29-2)19(26)17-18(13-4-3-5-15(23)11-13)25(21(28)20(17)27)22-24-8-9-30-22/h3-11,27-28H,1-2H3. The first-order valence-corrected chi connectivity index (χ1v) is 9.82. The molecule has 2 heterocycles. The minimum atomic E-state index is -0.595. The monoisotopic (exact) mass is 424 g/mol. The molecule has 0 aliphatic carbocycles. The number of aryl methyl sites for hydroxylation is 1. The van der Waals surface area contributed by atoms with E-state index in [4.69, 9.17) is 4.74 Å². The van der Waals surface area contributed by atoms with Crippen LogP contribution in [0.25, 0.3) is 16.4 Å². The van der Waals surface area contributed by atoms with Crippen molar-refractivity contribution in [3.8, 4) is 33.8 Å². The molecular weight excluding hydrogens is 407 g/mol. The van der Waals surface area contributed by atoms with Crippen molar-refractivity contribution < 1.29 is 24.1 Å². The molecule has 2 aromatic heterocycles. The van der Waals surface area contributed by atoms with E-state index in [2.05, 4.69) is 4.98 Å². The summed E-state index contributed by atoms with van der Waals surface area (Å²) in [5, 5.41) is 23.4. The van der Waals surface area contributed by atoms with Crippen molar-refractivity contribution in [2.75, 3.05) is 7.11 Å². The molecule has 4 rings (SSSR count). The Labute approximate surface area is 175 Å². The summed E-state index contributed by atoms with van der Waals surface area (Å²) in [6.45, 7) is 1.79. The van der Waals surface area contributed by atoms with Gasteiger partial charge in [0, 0.05) is 22.7 Å². The molecule has 0 aliphatic rings. The molecular formula is C22H17FN2O4S. The third-order valence-corrected chi connectivity index (χ3v) is 5.47. The number of halogens is 1. The first-order chi connectivity index (χ1) is 14.4. The molecule has 0 bridgehead atoms. The van der Waals surface area contributed by atoms with Gasteiger partial charge in [-0.1, -0.05) is 12.1 Å². The Kier molecular flexibility index (Phi) is 5.01. The van der Waals surface area contributed by atoms with Crippen molar-refractivity contribution in [3.05, 3.63) is 76.5 Å². The van der Waals surface area contributed by atoms with Crippen LogP contribution in [0.15, 0.2) is 54.0 Å². The predicted molar refractivity (Wildman–Crippen MR) is 111 cm³/mol. The van der Waals surface area contributed by atoms with Gasteiger partial charge in [-0.2, -0.15) is 0 Å². The molecule has 0 spiro atoms. The largest absolute Gasteiger partial charge is 0.503 e. The lowest BCUT2D eigenvalue weighted by atomic mass is 9.98. The lowest BCUT2D eigenvalue weighted by Gasteiger charge is -2.10. The van der Waals surface area contributed by atoms with Crippen LogP contribution in [-0.2, 0) is 0 Å². The Balaban J connectivity index is 1.99. The summed E-state index contributed by atoms with van der Waals surface area (Å²) in [5.74, 6) is -1.56. The normalized spacial score (nSPS) is 10.9. The van der Waals surface area contributed by atoms with E-state index in [-0.39, 0.29) is 16.8 Å². The minimum Gasteiger partial charge on any atom is -0.503 e. The highest BCUT2D eigenvalue weighted by Gasteiger charge is 2.31. The lowest BCUT2D eigenvalue weighted by Crippen LogP contribution is -2.05. The summed E-state index contributed by atoms with van der Waals surface area (Å²) in [6.07, 6.45) is 1.53. The lowest BCUT2D eigenvalue weighted by molar-refractivity contribution is 0.103. The average molecular weight is 424 g/mol. The minimum absolute atomic E-state index is 0.141. The second kappa shape index (κ2) is 7.64. The number of hydrogen-bond donors (Lipinski definition) is 2. The van der Waals surface area contributed by atoms with Crippen LogP contribution in [0.4, 0.5) is 4.39 Å². The molecule has 2 N–H and O–H groups in total. The average Bonchev–Trinajstić information content (AvgIpc) is 3.34. The number of aromatic nitrogens is 2. The van der Waals surface area contributed by atoms with Crippen LogP contribution in [0.5, 0.6) is 17.4 Å². The maximum absolute atomic E-state index is 14.0. The number of nitrogens with zero attached hydrogens (tertiary/aromatic N) is 2. The fourth-order valence-electron chi connectivity index (χ4n) is 3.35. The second-order valence-corrected chi connectivity index (χ2v) is 7.44. The molecule has 0 unspecified atom stereocenters. The van der Waals surface area contributed by atoms with Gasteiger partial charge < -0.3 is 14.9 Å². The van der Waals surface area contributed by atoms with E-state index in [1.807, 2.05) is 0 Å². The number of rotatable bonds is 5. The Morgan fingerprint density at radius 3 is 2.63 bits per heavy atom. The number of ketones is 1. The maximum Gasteiger partial charge on any atom is 0.242 e. The zero-order chi connectivity index (χ0) is 21.4. The van der Waals surface area contributed by atoms with E-state index in [0.717, 1.165) is 5.56 Å². The number of thiazole rings is 1. The molecule has 8 heteroatoms. The topological polar surface area (TPSA) is 84.6 Å². The number of carbonyl (C=O) groups is 1. The zero-order valence-corrected chi connectivity index (χ0v) is 16.9. The van der Waals surface area contributed by atoms with Crippen LogP contribution in [0.1, 0.15) is 21.5 Å². The summed E-state index contributed by atoms with van der Waals surface area (Å²) < 4.78 is 20.5. The third-order valence-electron chi connectivity index (χ3n) is 4.71. The summed E-state index contributed by atoms with van der Waals surface area (Å²) in [6, 6.07) is 10.4. The fourth-order valence-corrected chi connectivity index (χ4v) is 4.00. The molecule has 0 radical (unpaired) electrons. The molecule has 0 saturated heterocycles. The van der Waals surface area contributed by atoms with Crippen molar-refractivity contribution in [2.45, 2.75) is 6.92 Å². The number of methoxy groups -OCH3 is 1. The molecule has 0 aliphatic heterocycles. The predicted octanol–water partition coefficient (Wildman–Crippen LogP) is 4.70. The van der Waals surface area contributed by atoms with Gasteiger partial charge in [0.25, 0.3) is 0 Å². The van der Waals surface area contributed by atoms with Gasteiger partial charge in [0.05, 0.1) is 18.4 Å². The number of aromatic hydroxyl groups is 2. The molecule has 0 atom stereocenters. The number of hydrogen-bond acceptors (Lipinski definition) is 6. The van der Waals surface area contributed by atoms with E-state index < -0.39 is 23.2 Å². The number of carbonyl (C=O) groups excluding carboxylic acids is 1. The van der Waals surface area contributed by atoms with E-state index in [0.29, 0.717) is 16.4 Å². The zero-order valence-electron chi connectivity index (χ0n) is 16.1. The molecule has 0 amide bonds. The Hall–Kier alpha value is -3.65. The summed E-state index contributed by atoms with van der Waals surface area (Å²) in [4.78, 5) is 17.6. The smallest absolute Gasteiger partial charge is 0.242 e. The van der Waals surface area contributed by atoms with Crippen molar-refractivity contribution in [1.29, 1.82) is 0 Å². The van der Waals surface area contributed by atoms with Gasteiger partial charge in [-0.3, -0.25) is 9.36 Å². The van der Waals surface area contributed by atoms with Crippen LogP contribution < -0.4 is 4.74 Å². The van der Waals surface area contributed by atoms with Gasteiger partial charge in [-0.25, -0.2) is 9.37 Å². The van der Waals surface area contributed by atoms with Crippen LogP contribution in [0, 0.1) is 12.7 Å². The highest BCUT2D eigenvalue weighted by Crippen LogP contribution is 2.44. The quantitative estimate of drug-likeness (QED) is 0.454. The van der Waals surface area contributed by atoms with E-state index in [1.54, 1.807) is 36.6 Å². The molecule has 4 aromatic rings. The molecule has 2 aromatic carbocycles. The highest BCUT2D eigenvalue weighted by molar-refractivity contribution is 7.12. The van der Waals surface area contributed by atoms with Gasteiger partial charge in [0.1, 0.15) is 11.6 Å². The number of benzene rings is 2. The molecule has 0 saturated carbocycles. The fraction of sp³-hybridized carbons (Fsp3) is 0.0909. The second-order valence-electron chi connectivity index (χ2n) is 6.57. The summed E-state index contributed by atoms with van der Waals surface area (Å²) in [5.41, 5.74) is 1.35. The van der Waals surface area contributed by atoms with Crippen LogP contribution in [0.3, 0.4) is 0 Å². The molecule has 152 valence electrons. The Morgan fingerprint density at radius 2 is 2.00 bits per heavy atom. The number of ether oxygens (including phenoxy) is 1. The summed E-state index contributed by atoms with van der Waals surface area (Å²) >= 11 is 1.20. The van der Waals surface area contributed by atoms with Crippen LogP contribution >= 0.6 is 11.3 Å². The van der Waals surface area contributed by atoms with Crippen molar-refractivity contribution in [1.82, 2.24) is 9.55 Å². The SMILES string of the molecule is COc1ccc(C(=O)c2c(O)c(O)n(-c3nccs3)c2-c2cccc(F)c2)cc1C.